The highest BCUT2D eigenvalue weighted by Crippen LogP contribution is 2.36. The minimum atomic E-state index is -4.44. The average molecular weight is 318 g/mol. The van der Waals surface area contributed by atoms with Crippen LogP contribution in [0.25, 0.3) is 0 Å². The first kappa shape index (κ1) is 13.7. The summed E-state index contributed by atoms with van der Waals surface area (Å²) in [7, 11) is 0. The number of halogens is 3. The quantitative estimate of drug-likeness (QED) is 0.743. The summed E-state index contributed by atoms with van der Waals surface area (Å²) in [6.07, 6.45) is -4.44. The van der Waals surface area contributed by atoms with Gasteiger partial charge in [0.05, 0.1) is 17.1 Å². The van der Waals surface area contributed by atoms with Crippen molar-refractivity contribution in [2.45, 2.75) is 12.2 Å². The van der Waals surface area contributed by atoms with Gasteiger partial charge in [-0.05, 0) is 30.4 Å². The van der Waals surface area contributed by atoms with Crippen molar-refractivity contribution in [3.05, 3.63) is 29.8 Å². The summed E-state index contributed by atoms with van der Waals surface area (Å²) < 4.78 is 38.2. The predicted molar refractivity (Wildman–Crippen MR) is 74.5 cm³/mol. The molecule has 0 aliphatic carbocycles. The van der Waals surface area contributed by atoms with Crippen molar-refractivity contribution in [1.82, 2.24) is 4.90 Å². The maximum Gasteiger partial charge on any atom is 0.416 e. The van der Waals surface area contributed by atoms with Crippen LogP contribution in [-0.4, -0.2) is 33.6 Å². The molecule has 1 aromatic carbocycles. The van der Waals surface area contributed by atoms with Crippen molar-refractivity contribution in [3.8, 4) is 0 Å². The normalized spacial score (nSPS) is 22.6. The summed E-state index contributed by atoms with van der Waals surface area (Å²) in [6.45, 7) is 0. The van der Waals surface area contributed by atoms with Crippen molar-refractivity contribution in [1.29, 1.82) is 0 Å². The number of nitrogens with zero attached hydrogens (tertiary/aromatic N) is 2. The van der Waals surface area contributed by atoms with E-state index in [1.165, 1.54) is 17.0 Å². The van der Waals surface area contributed by atoms with E-state index in [0.29, 0.717) is 11.6 Å². The van der Waals surface area contributed by atoms with E-state index in [1.54, 1.807) is 16.7 Å². The van der Waals surface area contributed by atoms with Crippen LogP contribution < -0.4 is 4.90 Å². The molecule has 0 N–H and O–H groups in total. The Morgan fingerprint density at radius 2 is 2.10 bits per heavy atom. The molecule has 20 heavy (non-hydrogen) atoms. The monoisotopic (exact) mass is 318 g/mol. The number of benzene rings is 1. The first-order valence-electron chi connectivity index (χ1n) is 5.79. The second-order valence-electron chi connectivity index (χ2n) is 4.49. The number of carbonyl (C=O) groups excluding carboxylic acids is 1. The molecule has 0 bridgehead atoms. The minimum Gasteiger partial charge on any atom is -0.326 e. The highest BCUT2D eigenvalue weighted by molar-refractivity contribution is 7.99. The lowest BCUT2D eigenvalue weighted by Crippen LogP contribution is -2.32. The number of thiocarbonyl (C=S) groups is 1. The number of amides is 1. The van der Waals surface area contributed by atoms with E-state index in [2.05, 4.69) is 0 Å². The van der Waals surface area contributed by atoms with Crippen LogP contribution >= 0.6 is 24.0 Å². The van der Waals surface area contributed by atoms with E-state index in [9.17, 15) is 18.0 Å². The van der Waals surface area contributed by atoms with Gasteiger partial charge in [0.15, 0.2) is 5.11 Å². The van der Waals surface area contributed by atoms with Crippen molar-refractivity contribution >= 4 is 40.7 Å². The summed E-state index contributed by atoms with van der Waals surface area (Å²) >= 11 is 6.80. The van der Waals surface area contributed by atoms with Crippen molar-refractivity contribution < 1.29 is 18.0 Å². The molecule has 0 spiro atoms. The summed E-state index contributed by atoms with van der Waals surface area (Å²) in [5.74, 6) is 0.971. The third-order valence-corrected chi connectivity index (χ3v) is 4.69. The number of anilines is 1. The van der Waals surface area contributed by atoms with Crippen LogP contribution in [-0.2, 0) is 11.0 Å². The molecule has 0 saturated carbocycles. The largest absolute Gasteiger partial charge is 0.416 e. The lowest BCUT2D eigenvalue weighted by molar-refractivity contribution is -0.137. The molecule has 0 radical (unpaired) electrons. The second-order valence-corrected chi connectivity index (χ2v) is 5.85. The number of carbonyl (C=O) groups is 1. The fourth-order valence-electron chi connectivity index (χ4n) is 2.27. The number of hydrogen-bond donors (Lipinski definition) is 0. The maximum atomic E-state index is 12.7. The fraction of sp³-hybridized carbons (Fsp3) is 0.333. The number of alkyl halides is 3. The van der Waals surface area contributed by atoms with Gasteiger partial charge in [-0.1, -0.05) is 6.07 Å². The first-order chi connectivity index (χ1) is 9.39. The van der Waals surface area contributed by atoms with Crippen molar-refractivity contribution in [3.63, 3.8) is 0 Å². The lowest BCUT2D eigenvalue weighted by atomic mass is 10.2. The topological polar surface area (TPSA) is 23.6 Å². The van der Waals surface area contributed by atoms with Gasteiger partial charge in [0.2, 0.25) is 0 Å². The Kier molecular flexibility index (Phi) is 3.17. The molecule has 1 unspecified atom stereocenters. The summed E-state index contributed by atoms with van der Waals surface area (Å²) in [5, 5.41) is 0.282. The molecule has 1 aromatic rings. The van der Waals surface area contributed by atoms with E-state index < -0.39 is 11.7 Å². The van der Waals surface area contributed by atoms with Gasteiger partial charge in [0.1, 0.15) is 6.04 Å². The van der Waals surface area contributed by atoms with Gasteiger partial charge in [-0.15, -0.1) is 11.8 Å². The Bertz CT molecular complexity index is 568. The Morgan fingerprint density at radius 1 is 1.35 bits per heavy atom. The highest BCUT2D eigenvalue weighted by atomic mass is 32.2. The van der Waals surface area contributed by atoms with Crippen LogP contribution in [0.3, 0.4) is 0 Å². The van der Waals surface area contributed by atoms with Gasteiger partial charge in [-0.3, -0.25) is 9.69 Å². The molecule has 2 aliphatic rings. The van der Waals surface area contributed by atoms with Crippen LogP contribution in [0.4, 0.5) is 18.9 Å². The zero-order chi connectivity index (χ0) is 14.5. The van der Waals surface area contributed by atoms with Crippen LogP contribution in [0, 0.1) is 0 Å². The molecule has 8 heteroatoms. The molecule has 3 rings (SSSR count). The number of hydrogen-bond acceptors (Lipinski definition) is 3. The van der Waals surface area contributed by atoms with Crippen LogP contribution in [0.5, 0.6) is 0 Å². The third kappa shape index (κ3) is 2.07. The smallest absolute Gasteiger partial charge is 0.326 e. The molecule has 2 aliphatic heterocycles. The SMILES string of the molecule is O=C1C2CSCN2C(=S)N1c1cccc(C(F)(F)F)c1. The number of fused-ring (bicyclic) bond motifs is 1. The first-order valence-corrected chi connectivity index (χ1v) is 7.35. The fourth-order valence-corrected chi connectivity index (χ4v) is 3.89. The second kappa shape index (κ2) is 4.63. The van der Waals surface area contributed by atoms with Crippen LogP contribution in [0.2, 0.25) is 0 Å². The summed E-state index contributed by atoms with van der Waals surface area (Å²) in [4.78, 5) is 15.2. The van der Waals surface area contributed by atoms with E-state index in [-0.39, 0.29) is 22.7 Å². The summed E-state index contributed by atoms with van der Waals surface area (Å²) in [6, 6.07) is 4.34. The molecule has 1 amide bonds. The van der Waals surface area contributed by atoms with E-state index >= 15 is 0 Å². The Labute approximate surface area is 122 Å². The Hall–Kier alpha value is -1.28. The predicted octanol–water partition coefficient (Wildman–Crippen LogP) is 2.71. The number of thioether (sulfide) groups is 1. The molecule has 0 aromatic heterocycles. The van der Waals surface area contributed by atoms with Gasteiger partial charge in [-0.2, -0.15) is 13.2 Å². The molecule has 2 fully saturated rings. The highest BCUT2D eigenvalue weighted by Gasteiger charge is 2.46. The van der Waals surface area contributed by atoms with E-state index in [0.717, 1.165) is 12.1 Å². The third-order valence-electron chi connectivity index (χ3n) is 3.26. The molecule has 2 saturated heterocycles. The van der Waals surface area contributed by atoms with Crippen molar-refractivity contribution in [2.75, 3.05) is 16.5 Å². The van der Waals surface area contributed by atoms with Gasteiger partial charge in [-0.25, -0.2) is 0 Å². The maximum absolute atomic E-state index is 12.7. The van der Waals surface area contributed by atoms with Crippen LogP contribution in [0.15, 0.2) is 24.3 Å². The number of rotatable bonds is 1. The lowest BCUT2D eigenvalue weighted by Gasteiger charge is -2.19. The Morgan fingerprint density at radius 3 is 2.75 bits per heavy atom. The standard InChI is InChI=1S/C12H9F3N2OS2/c13-12(14,15)7-2-1-3-8(4-7)17-10(18)9-5-20-6-16(9)11(17)19/h1-4,9H,5-6H2. The van der Waals surface area contributed by atoms with Gasteiger partial charge in [0, 0.05) is 5.75 Å². The van der Waals surface area contributed by atoms with Gasteiger partial charge < -0.3 is 4.90 Å². The Balaban J connectivity index is 1.98. The average Bonchev–Trinajstić information content (AvgIpc) is 2.94. The van der Waals surface area contributed by atoms with Crippen molar-refractivity contribution in [2.24, 2.45) is 0 Å². The molecular weight excluding hydrogens is 309 g/mol. The van der Waals surface area contributed by atoms with E-state index in [4.69, 9.17) is 12.2 Å². The molecule has 3 nitrogen and oxygen atoms in total. The minimum absolute atomic E-state index is 0.175. The molecular formula is C12H9F3N2OS2. The summed E-state index contributed by atoms with van der Waals surface area (Å²) in [5.41, 5.74) is -0.610. The van der Waals surface area contributed by atoms with E-state index in [1.807, 2.05) is 0 Å². The molecule has 1 atom stereocenters. The van der Waals surface area contributed by atoms with Gasteiger partial charge in [0.25, 0.3) is 5.91 Å². The zero-order valence-corrected chi connectivity index (χ0v) is 11.7. The zero-order valence-electron chi connectivity index (χ0n) is 10.1. The molecule has 106 valence electrons. The van der Waals surface area contributed by atoms with Crippen LogP contribution in [0.1, 0.15) is 5.56 Å². The molecule has 2 heterocycles. The van der Waals surface area contributed by atoms with Gasteiger partial charge >= 0.3 is 6.18 Å².